The number of aromatic nitrogens is 2. The van der Waals surface area contributed by atoms with E-state index in [-0.39, 0.29) is 18.3 Å². The van der Waals surface area contributed by atoms with E-state index in [0.717, 1.165) is 43.7 Å². The number of nitrogens with two attached hydrogens (primary N) is 1. The number of primary amides is 1. The fourth-order valence-corrected chi connectivity index (χ4v) is 5.33. The molecule has 1 aliphatic heterocycles. The van der Waals surface area contributed by atoms with Gasteiger partial charge < -0.3 is 30.5 Å². The van der Waals surface area contributed by atoms with Gasteiger partial charge in [-0.1, -0.05) is 27.7 Å². The minimum absolute atomic E-state index is 0.0892. The summed E-state index contributed by atoms with van der Waals surface area (Å²) in [6, 6.07) is -2.48. The largest absolute Gasteiger partial charge is 0.392 e. The van der Waals surface area contributed by atoms with E-state index in [2.05, 4.69) is 16.1 Å². The van der Waals surface area contributed by atoms with Crippen LogP contribution in [0.5, 0.6) is 0 Å². The van der Waals surface area contributed by atoms with Crippen LogP contribution >= 0.6 is 0 Å². The molecule has 1 aliphatic rings. The molecule has 1 aromatic heterocycles. The van der Waals surface area contributed by atoms with Crippen molar-refractivity contribution in [2.75, 3.05) is 14.1 Å². The summed E-state index contributed by atoms with van der Waals surface area (Å²) in [4.78, 5) is 58.3. The van der Waals surface area contributed by atoms with E-state index in [0.29, 0.717) is 12.8 Å². The van der Waals surface area contributed by atoms with Crippen LogP contribution in [0.4, 0.5) is 0 Å². The van der Waals surface area contributed by atoms with Gasteiger partial charge >= 0.3 is 0 Å². The van der Waals surface area contributed by atoms with Crippen molar-refractivity contribution >= 4 is 23.6 Å². The van der Waals surface area contributed by atoms with Gasteiger partial charge in [-0.25, -0.2) is 4.98 Å². The summed E-state index contributed by atoms with van der Waals surface area (Å²) >= 11 is 0. The highest BCUT2D eigenvalue weighted by Gasteiger charge is 2.34. The second-order valence-corrected chi connectivity index (χ2v) is 12.1. The molecule has 0 unspecified atom stereocenters. The summed E-state index contributed by atoms with van der Waals surface area (Å²) < 4.78 is 2.24. The number of nitrogens with zero attached hydrogens (tertiary/aromatic N) is 4. The van der Waals surface area contributed by atoms with Crippen LogP contribution in [0.3, 0.4) is 0 Å². The fraction of sp³-hybridized carbons (Fsp3) is 0.767. The molecule has 0 saturated carbocycles. The average Bonchev–Trinajstić information content (AvgIpc) is 3.35. The Kier molecular flexibility index (Phi) is 13.3. The SMILES string of the molecule is CC[C@H](NC(=O)C[C@H](O)[C@H](C)CCCc1cn2c(n1)CCCC2)C(=O)N(C)[C@H](C)C(=O)N(C)[C@@H](CC(C)C)C(N)=O. The summed E-state index contributed by atoms with van der Waals surface area (Å²) in [6.07, 6.45) is 7.80. The summed E-state index contributed by atoms with van der Waals surface area (Å²) in [7, 11) is 3.02. The maximum absolute atomic E-state index is 13.2. The molecular weight excluding hydrogens is 524 g/mol. The van der Waals surface area contributed by atoms with Crippen molar-refractivity contribution in [1.82, 2.24) is 24.7 Å². The molecule has 0 saturated heterocycles. The molecule has 2 heterocycles. The number of carbonyl (C=O) groups is 4. The molecule has 1 aromatic rings. The molecule has 0 bridgehead atoms. The Bertz CT molecular complexity index is 1020. The third-order valence-electron chi connectivity index (χ3n) is 8.27. The van der Waals surface area contributed by atoms with Crippen LogP contribution in [0.1, 0.15) is 91.1 Å². The number of rotatable bonds is 16. The first-order chi connectivity index (χ1) is 19.3. The van der Waals surface area contributed by atoms with Crippen LogP contribution in [-0.4, -0.2) is 86.4 Å². The quantitative estimate of drug-likeness (QED) is 0.274. The number of hydrogen-bond donors (Lipinski definition) is 3. The Morgan fingerprint density at radius 1 is 1.10 bits per heavy atom. The predicted octanol–water partition coefficient (Wildman–Crippen LogP) is 2.03. The van der Waals surface area contributed by atoms with E-state index in [1.807, 2.05) is 20.8 Å². The van der Waals surface area contributed by atoms with Gasteiger partial charge in [-0.05, 0) is 63.7 Å². The molecular formula is C30H52N6O5. The standard InChI is InChI=1S/C30H52N6O5/c1-8-23(30(41)34(6)21(5)29(40)35(7)24(28(31)39)16-19(2)3)33-27(38)17-25(37)20(4)12-11-13-22-18-36-15-10-9-14-26(36)32-22/h18-21,23-25,37H,8-17H2,1-7H3,(H2,31,39)(H,33,38)/t20-,21-,23+,24+,25+/m1/s1. The number of aryl methyl sites for hydroxylation is 3. The predicted molar refractivity (Wildman–Crippen MR) is 158 cm³/mol. The Morgan fingerprint density at radius 2 is 1.78 bits per heavy atom. The normalized spacial score (nSPS) is 16.7. The van der Waals surface area contributed by atoms with E-state index in [1.54, 1.807) is 13.8 Å². The number of amides is 4. The number of imidazole rings is 1. The Hall–Kier alpha value is -2.95. The van der Waals surface area contributed by atoms with Crippen LogP contribution < -0.4 is 11.1 Å². The summed E-state index contributed by atoms with van der Waals surface area (Å²) in [6.45, 7) is 10.2. The number of hydrogen-bond acceptors (Lipinski definition) is 6. The molecule has 232 valence electrons. The smallest absolute Gasteiger partial charge is 0.245 e. The van der Waals surface area contributed by atoms with Crippen molar-refractivity contribution in [3.63, 3.8) is 0 Å². The molecule has 41 heavy (non-hydrogen) atoms. The number of carbonyl (C=O) groups excluding carboxylic acids is 4. The van der Waals surface area contributed by atoms with Gasteiger partial charge in [-0.15, -0.1) is 0 Å². The van der Waals surface area contributed by atoms with Crippen LogP contribution in [0.15, 0.2) is 6.20 Å². The number of aliphatic hydroxyl groups excluding tert-OH is 1. The first-order valence-corrected chi connectivity index (χ1v) is 15.1. The molecule has 4 amide bonds. The lowest BCUT2D eigenvalue weighted by Crippen LogP contribution is -2.56. The van der Waals surface area contributed by atoms with E-state index >= 15 is 0 Å². The Labute approximate surface area is 245 Å². The second kappa shape index (κ2) is 15.9. The third kappa shape index (κ3) is 9.83. The van der Waals surface area contributed by atoms with E-state index < -0.39 is 47.9 Å². The highest BCUT2D eigenvalue weighted by atomic mass is 16.3. The van der Waals surface area contributed by atoms with Gasteiger partial charge in [0.05, 0.1) is 18.2 Å². The van der Waals surface area contributed by atoms with E-state index in [4.69, 9.17) is 10.7 Å². The van der Waals surface area contributed by atoms with Gasteiger partial charge in [0.1, 0.15) is 23.9 Å². The van der Waals surface area contributed by atoms with Crippen LogP contribution in [0, 0.1) is 11.8 Å². The van der Waals surface area contributed by atoms with Gasteiger partial charge in [0.15, 0.2) is 0 Å². The monoisotopic (exact) mass is 576 g/mol. The molecule has 0 aliphatic carbocycles. The van der Waals surface area contributed by atoms with Crippen LogP contribution in [0.25, 0.3) is 0 Å². The highest BCUT2D eigenvalue weighted by molar-refractivity contribution is 5.93. The molecule has 5 atom stereocenters. The van der Waals surface area contributed by atoms with Crippen molar-refractivity contribution in [3.05, 3.63) is 17.7 Å². The van der Waals surface area contributed by atoms with Gasteiger partial charge in [-0.2, -0.15) is 0 Å². The topological polar surface area (TPSA) is 151 Å². The van der Waals surface area contributed by atoms with Gasteiger partial charge in [-0.3, -0.25) is 19.2 Å². The zero-order valence-corrected chi connectivity index (χ0v) is 26.1. The minimum atomic E-state index is -0.862. The van der Waals surface area contributed by atoms with Crippen molar-refractivity contribution < 1.29 is 24.3 Å². The lowest BCUT2D eigenvalue weighted by molar-refractivity contribution is -0.148. The minimum Gasteiger partial charge on any atom is -0.392 e. The number of likely N-dealkylation sites (N-methyl/N-ethyl adjacent to an activating group) is 2. The molecule has 0 radical (unpaired) electrons. The molecule has 0 fully saturated rings. The van der Waals surface area contributed by atoms with Crippen molar-refractivity contribution in [3.8, 4) is 0 Å². The zero-order valence-electron chi connectivity index (χ0n) is 26.1. The van der Waals surface area contributed by atoms with Crippen molar-refractivity contribution in [2.45, 2.75) is 123 Å². The van der Waals surface area contributed by atoms with E-state index in [9.17, 15) is 24.3 Å². The molecule has 0 aromatic carbocycles. The number of nitrogens with one attached hydrogen (secondary N) is 1. The highest BCUT2D eigenvalue weighted by Crippen LogP contribution is 2.19. The maximum atomic E-state index is 13.2. The average molecular weight is 577 g/mol. The summed E-state index contributed by atoms with van der Waals surface area (Å²) in [5.74, 6) is -0.616. The Balaban J connectivity index is 1.85. The summed E-state index contributed by atoms with van der Waals surface area (Å²) in [5, 5.41) is 13.4. The van der Waals surface area contributed by atoms with Crippen LogP contribution in [-0.2, 0) is 38.6 Å². The molecule has 0 spiro atoms. The lowest BCUT2D eigenvalue weighted by atomic mass is 9.95. The number of fused-ring (bicyclic) bond motifs is 1. The maximum Gasteiger partial charge on any atom is 0.245 e. The molecule has 11 nitrogen and oxygen atoms in total. The number of aliphatic hydroxyl groups is 1. The fourth-order valence-electron chi connectivity index (χ4n) is 5.33. The van der Waals surface area contributed by atoms with Gasteiger partial charge in [0, 0.05) is 33.3 Å². The zero-order chi connectivity index (χ0) is 30.9. The van der Waals surface area contributed by atoms with E-state index in [1.165, 1.54) is 36.7 Å². The van der Waals surface area contributed by atoms with Crippen molar-refractivity contribution in [1.29, 1.82) is 0 Å². The Morgan fingerprint density at radius 3 is 2.37 bits per heavy atom. The first-order valence-electron chi connectivity index (χ1n) is 15.1. The molecule has 2 rings (SSSR count). The van der Waals surface area contributed by atoms with Crippen LogP contribution in [0.2, 0.25) is 0 Å². The molecule has 11 heteroatoms. The third-order valence-corrected chi connectivity index (χ3v) is 8.27. The molecule has 4 N–H and O–H groups in total. The second-order valence-electron chi connectivity index (χ2n) is 12.1. The lowest BCUT2D eigenvalue weighted by Gasteiger charge is -2.34. The van der Waals surface area contributed by atoms with Gasteiger partial charge in [0.25, 0.3) is 0 Å². The van der Waals surface area contributed by atoms with Crippen molar-refractivity contribution in [2.24, 2.45) is 17.6 Å². The summed E-state index contributed by atoms with van der Waals surface area (Å²) in [5.41, 5.74) is 6.61. The van der Waals surface area contributed by atoms with Gasteiger partial charge in [0.2, 0.25) is 23.6 Å². The first kappa shape index (κ1) is 34.3.